The van der Waals surface area contributed by atoms with Gasteiger partial charge in [-0.25, -0.2) is 0 Å². The molecule has 0 heterocycles. The van der Waals surface area contributed by atoms with E-state index in [1.165, 1.54) is 19.3 Å². The Morgan fingerprint density at radius 1 is 1.13 bits per heavy atom. The van der Waals surface area contributed by atoms with E-state index in [1.54, 1.807) is 0 Å². The maximum absolute atomic E-state index is 11.6. The van der Waals surface area contributed by atoms with Crippen molar-refractivity contribution in [2.75, 3.05) is 0 Å². The summed E-state index contributed by atoms with van der Waals surface area (Å²) < 4.78 is 0. The second-order valence-electron chi connectivity index (χ2n) is 6.30. The first-order chi connectivity index (χ1) is 6.92. The fourth-order valence-corrected chi connectivity index (χ4v) is 2.84. The van der Waals surface area contributed by atoms with E-state index in [1.807, 2.05) is 6.92 Å². The van der Waals surface area contributed by atoms with Crippen LogP contribution in [0, 0.1) is 17.3 Å². The zero-order valence-corrected chi connectivity index (χ0v) is 10.8. The Balaban J connectivity index is 2.33. The fraction of sp³-hybridized carbons (Fsp3) is 0.929. The fourth-order valence-electron chi connectivity index (χ4n) is 2.84. The molecule has 0 aromatic rings. The topological polar surface area (TPSA) is 17.1 Å². The van der Waals surface area contributed by atoms with Gasteiger partial charge in [-0.1, -0.05) is 27.7 Å². The largest absolute Gasteiger partial charge is 0.299 e. The first kappa shape index (κ1) is 12.7. The highest BCUT2D eigenvalue weighted by atomic mass is 16.1. The maximum Gasteiger partial charge on any atom is 0.135 e. The molecular weight excluding hydrogens is 184 g/mol. The maximum atomic E-state index is 11.6. The third-order valence-corrected chi connectivity index (χ3v) is 3.55. The lowest BCUT2D eigenvalue weighted by atomic mass is 9.73. The van der Waals surface area contributed by atoms with Crippen LogP contribution >= 0.6 is 0 Å². The molecule has 1 nitrogen and oxygen atoms in total. The molecule has 0 bridgehead atoms. The van der Waals surface area contributed by atoms with Gasteiger partial charge >= 0.3 is 0 Å². The lowest BCUT2D eigenvalue weighted by Gasteiger charge is -2.32. The van der Waals surface area contributed by atoms with Gasteiger partial charge in [0.2, 0.25) is 0 Å². The highest BCUT2D eigenvalue weighted by Crippen LogP contribution is 2.36. The Hall–Kier alpha value is -0.330. The first-order valence-electron chi connectivity index (χ1n) is 6.45. The van der Waals surface area contributed by atoms with Crippen molar-refractivity contribution in [1.29, 1.82) is 0 Å². The van der Waals surface area contributed by atoms with Gasteiger partial charge in [-0.2, -0.15) is 0 Å². The molecule has 1 aliphatic carbocycles. The summed E-state index contributed by atoms with van der Waals surface area (Å²) in [5.41, 5.74) is 0.451. The minimum absolute atomic E-state index is 0.395. The second kappa shape index (κ2) is 5.14. The van der Waals surface area contributed by atoms with Crippen molar-refractivity contribution in [3.8, 4) is 0 Å². The van der Waals surface area contributed by atoms with Crippen LogP contribution in [-0.4, -0.2) is 5.78 Å². The lowest BCUT2D eigenvalue weighted by molar-refractivity contribution is -0.123. The molecule has 0 unspecified atom stereocenters. The van der Waals surface area contributed by atoms with Gasteiger partial charge in [-0.15, -0.1) is 0 Å². The number of Topliss-reactive ketones (excluding diaryl/α,β-unsaturated/α-hetero) is 1. The van der Waals surface area contributed by atoms with E-state index in [0.29, 0.717) is 17.1 Å². The number of rotatable bonds is 3. The van der Waals surface area contributed by atoms with E-state index in [0.717, 1.165) is 25.2 Å². The summed E-state index contributed by atoms with van der Waals surface area (Å²) in [7, 11) is 0. The second-order valence-corrected chi connectivity index (χ2v) is 6.30. The third-order valence-electron chi connectivity index (χ3n) is 3.55. The van der Waals surface area contributed by atoms with E-state index < -0.39 is 0 Å². The molecule has 1 rings (SSSR count). The van der Waals surface area contributed by atoms with Gasteiger partial charge in [0.05, 0.1) is 0 Å². The molecule has 0 aromatic carbocycles. The molecule has 0 saturated heterocycles. The molecule has 1 saturated carbocycles. The summed E-state index contributed by atoms with van der Waals surface area (Å²) in [6.45, 7) is 8.94. The van der Waals surface area contributed by atoms with Gasteiger partial charge < -0.3 is 0 Å². The summed E-state index contributed by atoms with van der Waals surface area (Å²) >= 11 is 0. The smallest absolute Gasteiger partial charge is 0.135 e. The Morgan fingerprint density at radius 3 is 2.07 bits per heavy atom. The highest BCUT2D eigenvalue weighted by molar-refractivity contribution is 5.80. The molecule has 88 valence electrons. The summed E-state index contributed by atoms with van der Waals surface area (Å²) in [5, 5.41) is 0. The average molecular weight is 210 g/mol. The van der Waals surface area contributed by atoms with Gasteiger partial charge in [0.1, 0.15) is 5.78 Å². The summed E-state index contributed by atoms with van der Waals surface area (Å²) in [5.74, 6) is 1.75. The minimum Gasteiger partial charge on any atom is -0.299 e. The zero-order chi connectivity index (χ0) is 11.5. The van der Waals surface area contributed by atoms with Gasteiger partial charge in [0.25, 0.3) is 0 Å². The summed E-state index contributed by atoms with van der Waals surface area (Å²) in [4.78, 5) is 11.6. The quantitative estimate of drug-likeness (QED) is 0.682. The highest BCUT2D eigenvalue weighted by Gasteiger charge is 2.27. The van der Waals surface area contributed by atoms with Crippen molar-refractivity contribution in [1.82, 2.24) is 0 Å². The third kappa shape index (κ3) is 4.36. The number of ketones is 1. The number of hydrogen-bond donors (Lipinski definition) is 0. The molecule has 0 radical (unpaired) electrons. The Kier molecular flexibility index (Phi) is 4.36. The summed E-state index contributed by atoms with van der Waals surface area (Å²) in [6.07, 6.45) is 6.89. The molecule has 1 fully saturated rings. The van der Waals surface area contributed by atoms with Crippen molar-refractivity contribution >= 4 is 5.78 Å². The number of carbonyl (C=O) groups is 1. The normalized spacial score (nSPS) is 27.7. The van der Waals surface area contributed by atoms with Crippen LogP contribution in [0.25, 0.3) is 0 Å². The van der Waals surface area contributed by atoms with Gasteiger partial charge in [0.15, 0.2) is 0 Å². The van der Waals surface area contributed by atoms with Crippen LogP contribution in [0.5, 0.6) is 0 Å². The van der Waals surface area contributed by atoms with Gasteiger partial charge in [0, 0.05) is 12.3 Å². The van der Waals surface area contributed by atoms with Crippen LogP contribution in [0.3, 0.4) is 0 Å². The van der Waals surface area contributed by atoms with E-state index in [9.17, 15) is 4.79 Å². The Bertz CT molecular complexity index is 204. The summed E-state index contributed by atoms with van der Waals surface area (Å²) in [6, 6.07) is 0. The van der Waals surface area contributed by atoms with Crippen molar-refractivity contribution in [2.24, 2.45) is 17.3 Å². The minimum atomic E-state index is 0.395. The average Bonchev–Trinajstić information content (AvgIpc) is 2.15. The molecule has 0 spiro atoms. The standard InChI is InChI=1S/C14H26O/c1-5-13(15)12-8-6-11(7-9-12)10-14(2,3)4/h11-12H,5-10H2,1-4H3. The Morgan fingerprint density at radius 2 is 1.67 bits per heavy atom. The molecule has 1 aliphatic rings. The molecule has 1 heteroatoms. The predicted octanol–water partition coefficient (Wildman–Crippen LogP) is 4.21. The number of carbonyl (C=O) groups excluding carboxylic acids is 1. The lowest BCUT2D eigenvalue weighted by Crippen LogP contribution is -2.23. The SMILES string of the molecule is CCC(=O)C1CCC(CC(C)(C)C)CC1. The molecule has 0 N–H and O–H groups in total. The molecule has 15 heavy (non-hydrogen) atoms. The van der Waals surface area contributed by atoms with Crippen molar-refractivity contribution < 1.29 is 4.79 Å². The van der Waals surface area contributed by atoms with Crippen molar-refractivity contribution in [3.63, 3.8) is 0 Å². The molecule has 0 atom stereocenters. The molecule has 0 amide bonds. The Labute approximate surface area is 94.6 Å². The van der Waals surface area contributed by atoms with Crippen LogP contribution in [-0.2, 0) is 4.79 Å². The van der Waals surface area contributed by atoms with E-state index in [4.69, 9.17) is 0 Å². The zero-order valence-electron chi connectivity index (χ0n) is 10.8. The van der Waals surface area contributed by atoms with Crippen LogP contribution in [0.15, 0.2) is 0 Å². The monoisotopic (exact) mass is 210 g/mol. The van der Waals surface area contributed by atoms with Crippen LogP contribution in [0.4, 0.5) is 0 Å². The van der Waals surface area contributed by atoms with Gasteiger partial charge in [-0.3, -0.25) is 4.79 Å². The van der Waals surface area contributed by atoms with E-state index in [-0.39, 0.29) is 0 Å². The predicted molar refractivity (Wildman–Crippen MR) is 64.8 cm³/mol. The van der Waals surface area contributed by atoms with Crippen LogP contribution < -0.4 is 0 Å². The van der Waals surface area contributed by atoms with Crippen LogP contribution in [0.2, 0.25) is 0 Å². The van der Waals surface area contributed by atoms with Crippen LogP contribution in [0.1, 0.15) is 66.2 Å². The molecule has 0 aliphatic heterocycles. The van der Waals surface area contributed by atoms with E-state index in [2.05, 4.69) is 20.8 Å². The van der Waals surface area contributed by atoms with Crippen molar-refractivity contribution in [3.05, 3.63) is 0 Å². The first-order valence-corrected chi connectivity index (χ1v) is 6.45. The van der Waals surface area contributed by atoms with E-state index >= 15 is 0 Å². The number of hydrogen-bond acceptors (Lipinski definition) is 1. The molecular formula is C14H26O. The molecule has 0 aromatic heterocycles. The van der Waals surface area contributed by atoms with Crippen molar-refractivity contribution in [2.45, 2.75) is 66.2 Å². The van der Waals surface area contributed by atoms with Gasteiger partial charge in [-0.05, 0) is 43.4 Å².